The summed E-state index contributed by atoms with van der Waals surface area (Å²) < 4.78 is 11.6. The van der Waals surface area contributed by atoms with Crippen LogP contribution < -0.4 is 0 Å². The van der Waals surface area contributed by atoms with Crippen LogP contribution in [-0.2, 0) is 15.6 Å². The summed E-state index contributed by atoms with van der Waals surface area (Å²) in [7, 11) is -1.55. The van der Waals surface area contributed by atoms with Crippen molar-refractivity contribution in [3.8, 4) is 0 Å². The van der Waals surface area contributed by atoms with E-state index in [1.807, 2.05) is 38.1 Å². The molecule has 1 saturated heterocycles. The summed E-state index contributed by atoms with van der Waals surface area (Å²) in [6.07, 6.45) is 4.29. The lowest BCUT2D eigenvalue weighted by atomic mass is 10.1. The van der Waals surface area contributed by atoms with Gasteiger partial charge in [-0.25, -0.2) is 0 Å². The number of carbonyl (C=O) groups excluding carboxylic acids is 1. The molecule has 0 radical (unpaired) electrons. The lowest BCUT2D eigenvalue weighted by Crippen LogP contribution is -2.49. The smallest absolute Gasteiger partial charge is 0.257 e. The summed E-state index contributed by atoms with van der Waals surface area (Å²) in [5.74, 6) is -0.172. The highest BCUT2D eigenvalue weighted by molar-refractivity contribution is 7.89. The largest absolute Gasteiger partial charge is 0.340 e. The quantitative estimate of drug-likeness (QED) is 0.763. The van der Waals surface area contributed by atoms with Gasteiger partial charge in [-0.2, -0.15) is 0 Å². The number of halogens is 1. The Hall–Kier alpha value is -0.870. The summed E-state index contributed by atoms with van der Waals surface area (Å²) in [4.78, 5) is 15.3. The monoisotopic (exact) mass is 341 g/mol. The first-order valence-electron chi connectivity index (χ1n) is 7.96. The molecule has 1 aliphatic rings. The molecule has 5 heteroatoms. The summed E-state index contributed by atoms with van der Waals surface area (Å²) in [5.41, 5.74) is 1.10. The number of amides is 1. The van der Waals surface area contributed by atoms with E-state index in [4.69, 9.17) is 11.6 Å². The van der Waals surface area contributed by atoms with Crippen molar-refractivity contribution in [2.45, 2.75) is 55.1 Å². The number of hydrogen-bond donors (Lipinski definition) is 0. The minimum Gasteiger partial charge on any atom is -0.340 e. The molecule has 2 atom stereocenters. The van der Waals surface area contributed by atoms with Crippen molar-refractivity contribution < 1.29 is 9.00 Å². The standard InChI is InChI=1S/C17H24ClNO2S/c1-3-11-17(18,16(20)19-12-5-4-6-13-19)22(21)15-9-7-14(2)8-10-15/h7-10H,3-6,11-13H2,1-2H3. The van der Waals surface area contributed by atoms with Gasteiger partial charge in [0.25, 0.3) is 5.91 Å². The van der Waals surface area contributed by atoms with Crippen LogP contribution in [0.2, 0.25) is 0 Å². The Bertz CT molecular complexity index is 540. The maximum Gasteiger partial charge on any atom is 0.257 e. The number of likely N-dealkylation sites (tertiary alicyclic amines) is 1. The molecule has 0 N–H and O–H groups in total. The van der Waals surface area contributed by atoms with Crippen molar-refractivity contribution in [2.24, 2.45) is 0 Å². The lowest BCUT2D eigenvalue weighted by molar-refractivity contribution is -0.132. The molecule has 1 aromatic rings. The second kappa shape index (κ2) is 7.60. The van der Waals surface area contributed by atoms with Gasteiger partial charge in [0.05, 0.1) is 10.8 Å². The van der Waals surface area contributed by atoms with Crippen molar-refractivity contribution in [1.82, 2.24) is 4.90 Å². The zero-order chi connectivity index (χ0) is 16.2. The number of rotatable bonds is 5. The summed E-state index contributed by atoms with van der Waals surface area (Å²) in [6.45, 7) is 5.39. The second-order valence-corrected chi connectivity index (χ2v) is 8.49. The highest BCUT2D eigenvalue weighted by atomic mass is 35.5. The molecule has 2 rings (SSSR count). The zero-order valence-electron chi connectivity index (χ0n) is 13.3. The normalized spacial score (nSPS) is 19.5. The molecule has 1 aliphatic heterocycles. The van der Waals surface area contributed by atoms with Crippen molar-refractivity contribution in [3.63, 3.8) is 0 Å². The van der Waals surface area contributed by atoms with Gasteiger partial charge in [0.2, 0.25) is 4.21 Å². The van der Waals surface area contributed by atoms with Gasteiger partial charge in [-0.15, -0.1) is 0 Å². The van der Waals surface area contributed by atoms with Gasteiger partial charge < -0.3 is 4.90 Å². The van der Waals surface area contributed by atoms with Gasteiger partial charge in [0.15, 0.2) is 0 Å². The molecule has 122 valence electrons. The fourth-order valence-electron chi connectivity index (χ4n) is 2.78. The van der Waals surface area contributed by atoms with E-state index < -0.39 is 15.0 Å². The van der Waals surface area contributed by atoms with E-state index in [1.165, 1.54) is 0 Å². The maximum atomic E-state index is 13.0. The maximum absolute atomic E-state index is 13.0. The molecule has 22 heavy (non-hydrogen) atoms. The first-order valence-corrected chi connectivity index (χ1v) is 9.48. The molecule has 1 heterocycles. The molecule has 1 amide bonds. The molecule has 0 aromatic heterocycles. The first-order chi connectivity index (χ1) is 10.5. The molecule has 0 saturated carbocycles. The topological polar surface area (TPSA) is 37.4 Å². The SMILES string of the molecule is CCCC(Cl)(C(=O)N1CCCCC1)S(=O)c1ccc(C)cc1. The molecule has 0 bridgehead atoms. The lowest BCUT2D eigenvalue weighted by Gasteiger charge is -2.34. The number of aryl methyl sites for hydroxylation is 1. The second-order valence-electron chi connectivity index (χ2n) is 5.91. The van der Waals surface area contributed by atoms with Crippen LogP contribution in [0.25, 0.3) is 0 Å². The van der Waals surface area contributed by atoms with Crippen LogP contribution in [0.4, 0.5) is 0 Å². The van der Waals surface area contributed by atoms with Crippen LogP contribution in [0.3, 0.4) is 0 Å². The Morgan fingerprint density at radius 1 is 1.23 bits per heavy atom. The van der Waals surface area contributed by atoms with Crippen molar-refractivity contribution in [2.75, 3.05) is 13.1 Å². The molecule has 0 spiro atoms. The number of alkyl halides is 1. The Balaban J connectivity index is 2.27. The van der Waals surface area contributed by atoms with Crippen LogP contribution in [0, 0.1) is 6.92 Å². The molecule has 1 fully saturated rings. The van der Waals surface area contributed by atoms with E-state index in [0.717, 1.165) is 44.3 Å². The summed E-state index contributed by atoms with van der Waals surface area (Å²) >= 11 is 6.66. The Labute approximate surface area is 140 Å². The van der Waals surface area contributed by atoms with Crippen LogP contribution in [0.5, 0.6) is 0 Å². The van der Waals surface area contributed by atoms with Crippen LogP contribution in [0.1, 0.15) is 44.6 Å². The summed E-state index contributed by atoms with van der Waals surface area (Å²) in [6, 6.07) is 7.42. The van der Waals surface area contributed by atoms with Crippen LogP contribution >= 0.6 is 11.6 Å². The van der Waals surface area contributed by atoms with Gasteiger partial charge in [-0.1, -0.05) is 42.6 Å². The minimum atomic E-state index is -1.55. The number of benzene rings is 1. The van der Waals surface area contributed by atoms with Gasteiger partial charge in [0, 0.05) is 18.0 Å². The third-order valence-corrected chi connectivity index (χ3v) is 6.50. The average Bonchev–Trinajstić information content (AvgIpc) is 2.55. The van der Waals surface area contributed by atoms with Gasteiger partial charge >= 0.3 is 0 Å². The number of carbonyl (C=O) groups is 1. The first kappa shape index (κ1) is 17.5. The van der Waals surface area contributed by atoms with E-state index in [-0.39, 0.29) is 5.91 Å². The van der Waals surface area contributed by atoms with E-state index >= 15 is 0 Å². The molecular formula is C17H24ClNO2S. The van der Waals surface area contributed by atoms with E-state index in [0.29, 0.717) is 11.3 Å². The fraction of sp³-hybridized carbons (Fsp3) is 0.588. The molecule has 3 nitrogen and oxygen atoms in total. The van der Waals surface area contributed by atoms with Gasteiger partial charge in [-0.05, 0) is 44.7 Å². The molecule has 1 aromatic carbocycles. The van der Waals surface area contributed by atoms with Crippen molar-refractivity contribution in [3.05, 3.63) is 29.8 Å². The van der Waals surface area contributed by atoms with E-state index in [2.05, 4.69) is 0 Å². The number of piperidine rings is 1. The van der Waals surface area contributed by atoms with E-state index in [9.17, 15) is 9.00 Å². The Kier molecular flexibility index (Phi) is 6.04. The summed E-state index contributed by atoms with van der Waals surface area (Å²) in [5, 5.41) is 0. The Morgan fingerprint density at radius 2 is 1.82 bits per heavy atom. The highest BCUT2D eigenvalue weighted by Gasteiger charge is 2.45. The molecular weight excluding hydrogens is 318 g/mol. The zero-order valence-corrected chi connectivity index (χ0v) is 14.9. The predicted molar refractivity (Wildman–Crippen MR) is 91.5 cm³/mol. The Morgan fingerprint density at radius 3 is 2.36 bits per heavy atom. The van der Waals surface area contributed by atoms with Crippen LogP contribution in [0.15, 0.2) is 29.2 Å². The fourth-order valence-corrected chi connectivity index (χ4v) is 4.79. The molecule has 0 aliphatic carbocycles. The predicted octanol–water partition coefficient (Wildman–Crippen LogP) is 3.85. The number of hydrogen-bond acceptors (Lipinski definition) is 2. The van der Waals surface area contributed by atoms with Gasteiger partial charge in [-0.3, -0.25) is 9.00 Å². The van der Waals surface area contributed by atoms with E-state index in [1.54, 1.807) is 4.90 Å². The third kappa shape index (κ3) is 3.72. The van der Waals surface area contributed by atoms with Crippen molar-refractivity contribution >= 4 is 28.3 Å². The average molecular weight is 342 g/mol. The van der Waals surface area contributed by atoms with Crippen LogP contribution in [-0.4, -0.2) is 32.3 Å². The minimum absolute atomic E-state index is 0.172. The van der Waals surface area contributed by atoms with Gasteiger partial charge in [0.1, 0.15) is 0 Å². The highest BCUT2D eigenvalue weighted by Crippen LogP contribution is 2.34. The van der Waals surface area contributed by atoms with Crippen molar-refractivity contribution in [1.29, 1.82) is 0 Å². The number of nitrogens with zero attached hydrogens (tertiary/aromatic N) is 1. The molecule has 2 unspecified atom stereocenters. The third-order valence-electron chi connectivity index (χ3n) is 4.06.